The van der Waals surface area contributed by atoms with Gasteiger partial charge in [0.1, 0.15) is 28.8 Å². The molecule has 0 saturated carbocycles. The second-order valence-corrected chi connectivity index (χ2v) is 10.8. The molecule has 0 saturated heterocycles. The number of hydrogen-bond donors (Lipinski definition) is 0. The molecule has 9 heteroatoms. The summed E-state index contributed by atoms with van der Waals surface area (Å²) in [5, 5.41) is 0. The summed E-state index contributed by atoms with van der Waals surface area (Å²) in [6.45, 7) is 15.7. The zero-order valence-corrected chi connectivity index (χ0v) is 26.3. The molecular formula is C38H33FO8. The van der Waals surface area contributed by atoms with Gasteiger partial charge >= 0.3 is 23.9 Å². The van der Waals surface area contributed by atoms with Crippen molar-refractivity contribution in [2.45, 2.75) is 40.0 Å². The van der Waals surface area contributed by atoms with Crippen molar-refractivity contribution >= 4 is 29.5 Å². The van der Waals surface area contributed by atoms with Crippen LogP contribution in [0, 0.1) is 5.82 Å². The Balaban J connectivity index is 1.52. The Hall–Kier alpha value is -5.83. The molecule has 0 heterocycles. The third kappa shape index (κ3) is 8.67. The molecule has 47 heavy (non-hydrogen) atoms. The smallest absolute Gasteiger partial charge is 0.346 e. The zero-order chi connectivity index (χ0) is 34.2. The van der Waals surface area contributed by atoms with E-state index in [1.54, 1.807) is 32.0 Å². The quantitative estimate of drug-likeness (QED) is 0.118. The van der Waals surface area contributed by atoms with Gasteiger partial charge in [0, 0.05) is 34.8 Å². The lowest BCUT2D eigenvalue weighted by Gasteiger charge is -2.20. The summed E-state index contributed by atoms with van der Waals surface area (Å²) in [7, 11) is 0. The van der Waals surface area contributed by atoms with Crippen LogP contribution in [0.25, 0.3) is 16.7 Å². The van der Waals surface area contributed by atoms with E-state index in [4.69, 9.17) is 18.9 Å². The van der Waals surface area contributed by atoms with Crippen molar-refractivity contribution in [3.05, 3.63) is 138 Å². The van der Waals surface area contributed by atoms with Crippen LogP contribution in [0.2, 0.25) is 0 Å². The van der Waals surface area contributed by atoms with E-state index in [1.165, 1.54) is 49.4 Å². The summed E-state index contributed by atoms with van der Waals surface area (Å²) in [4.78, 5) is 49.0. The Morgan fingerprint density at radius 3 is 1.81 bits per heavy atom. The van der Waals surface area contributed by atoms with Crippen molar-refractivity contribution in [2.75, 3.05) is 0 Å². The molecule has 1 aliphatic rings. The number of allylic oxidation sites excluding steroid dienone is 3. The largest absolute Gasteiger partial charge is 0.428 e. The van der Waals surface area contributed by atoms with E-state index in [0.29, 0.717) is 41.7 Å². The summed E-state index contributed by atoms with van der Waals surface area (Å²) >= 11 is 0. The van der Waals surface area contributed by atoms with Crippen molar-refractivity contribution < 1.29 is 42.5 Å². The lowest BCUT2D eigenvalue weighted by Crippen LogP contribution is -2.12. The molecule has 4 rings (SSSR count). The third-order valence-electron chi connectivity index (χ3n) is 7.05. The van der Waals surface area contributed by atoms with E-state index >= 15 is 4.39 Å². The van der Waals surface area contributed by atoms with E-state index in [1.807, 2.05) is 12.1 Å². The fourth-order valence-corrected chi connectivity index (χ4v) is 4.31. The van der Waals surface area contributed by atoms with Gasteiger partial charge in [-0.1, -0.05) is 57.0 Å². The Kier molecular flexibility index (Phi) is 10.8. The maximum atomic E-state index is 15.1. The summed E-state index contributed by atoms with van der Waals surface area (Å²) in [6, 6.07) is 17.1. The van der Waals surface area contributed by atoms with Gasteiger partial charge < -0.3 is 18.9 Å². The van der Waals surface area contributed by atoms with E-state index in [9.17, 15) is 19.2 Å². The highest BCUT2D eigenvalue weighted by Crippen LogP contribution is 2.35. The Morgan fingerprint density at radius 2 is 1.23 bits per heavy atom. The molecule has 0 bridgehead atoms. The third-order valence-corrected chi connectivity index (χ3v) is 7.05. The van der Waals surface area contributed by atoms with Crippen LogP contribution < -0.4 is 9.47 Å². The van der Waals surface area contributed by atoms with Crippen molar-refractivity contribution in [2.24, 2.45) is 0 Å². The van der Waals surface area contributed by atoms with Crippen LogP contribution in [0.4, 0.5) is 4.39 Å². The van der Waals surface area contributed by atoms with Crippen LogP contribution in [0.5, 0.6) is 11.5 Å². The van der Waals surface area contributed by atoms with Gasteiger partial charge in [0.2, 0.25) is 0 Å². The molecule has 0 spiro atoms. The normalized spacial score (nSPS) is 12.4. The first kappa shape index (κ1) is 34.1. The van der Waals surface area contributed by atoms with Crippen molar-refractivity contribution in [3.63, 3.8) is 0 Å². The summed E-state index contributed by atoms with van der Waals surface area (Å²) in [5.74, 6) is -2.45. The van der Waals surface area contributed by atoms with Crippen molar-refractivity contribution in [3.8, 4) is 22.6 Å². The number of benzene rings is 3. The fourth-order valence-electron chi connectivity index (χ4n) is 4.31. The average Bonchev–Trinajstić information content (AvgIpc) is 3.05. The van der Waals surface area contributed by atoms with Gasteiger partial charge in [-0.05, 0) is 79.8 Å². The molecule has 3 aromatic carbocycles. The number of ether oxygens (including phenoxy) is 4. The minimum absolute atomic E-state index is 0.140. The average molecular weight is 637 g/mol. The molecule has 0 radical (unpaired) electrons. The molecule has 1 aliphatic carbocycles. The van der Waals surface area contributed by atoms with Gasteiger partial charge in [0.25, 0.3) is 0 Å². The lowest BCUT2D eigenvalue weighted by molar-refractivity contribution is -0.135. The van der Waals surface area contributed by atoms with Crippen LogP contribution in [0.15, 0.2) is 121 Å². The topological polar surface area (TPSA) is 105 Å². The van der Waals surface area contributed by atoms with E-state index in [0.717, 1.165) is 11.1 Å². The number of hydrogen-bond acceptors (Lipinski definition) is 8. The predicted molar refractivity (Wildman–Crippen MR) is 174 cm³/mol. The maximum Gasteiger partial charge on any atom is 0.346 e. The van der Waals surface area contributed by atoms with Crippen molar-refractivity contribution in [1.82, 2.24) is 0 Å². The number of carbonyl (C=O) groups is 4. The SMILES string of the molecule is C=C(C)C(=O)OC1=CC(OC(=O)C(=C)CC)=C(c2ccc(-c3ccc(C(=O)Oc4ccc(OC(=O)C(=C)C)cc4)c(F)c3)cc2)CC1. The molecule has 0 unspecified atom stereocenters. The van der Waals surface area contributed by atoms with Gasteiger partial charge in [-0.25, -0.2) is 23.6 Å². The Bertz CT molecular complexity index is 1840. The predicted octanol–water partition coefficient (Wildman–Crippen LogP) is 8.21. The minimum atomic E-state index is -0.894. The molecular weight excluding hydrogens is 603 g/mol. The minimum Gasteiger partial charge on any atom is -0.428 e. The standard InChI is InChI=1S/C38H33FO8/c1-7-24(6)37(42)47-34-21-30(46-36(41)23(4)5)17-19-31(34)26-10-8-25(9-11-26)27-12-18-32(33(39)20-27)38(43)45-29-15-13-28(14-16-29)44-35(40)22(2)3/h8-16,18,20-21H,2,4,6-7,17,19H2,1,3,5H3. The Labute approximate surface area is 272 Å². The fraction of sp³-hybridized carbons (Fsp3) is 0.158. The first-order valence-electron chi connectivity index (χ1n) is 14.7. The first-order valence-corrected chi connectivity index (χ1v) is 14.7. The summed E-state index contributed by atoms with van der Waals surface area (Å²) in [5.41, 5.74) is 3.17. The summed E-state index contributed by atoms with van der Waals surface area (Å²) in [6.07, 6.45) is 2.74. The number of halogens is 1. The lowest BCUT2D eigenvalue weighted by atomic mass is 9.93. The highest BCUT2D eigenvalue weighted by Gasteiger charge is 2.23. The van der Waals surface area contributed by atoms with Crippen LogP contribution in [-0.2, 0) is 23.9 Å². The van der Waals surface area contributed by atoms with Crippen molar-refractivity contribution in [1.29, 1.82) is 0 Å². The molecule has 0 N–H and O–H groups in total. The number of esters is 4. The van der Waals surface area contributed by atoms with E-state index < -0.39 is 29.7 Å². The molecule has 240 valence electrons. The van der Waals surface area contributed by atoms with Crippen LogP contribution in [-0.4, -0.2) is 23.9 Å². The Morgan fingerprint density at radius 1 is 0.681 bits per heavy atom. The van der Waals surface area contributed by atoms with Gasteiger partial charge in [0.15, 0.2) is 0 Å². The van der Waals surface area contributed by atoms with Crippen LogP contribution in [0.3, 0.4) is 0 Å². The van der Waals surface area contributed by atoms with Crippen LogP contribution in [0.1, 0.15) is 56.0 Å². The molecule has 0 atom stereocenters. The highest BCUT2D eigenvalue weighted by molar-refractivity contribution is 5.93. The zero-order valence-electron chi connectivity index (χ0n) is 26.3. The van der Waals surface area contributed by atoms with Gasteiger partial charge in [0.05, 0.1) is 5.56 Å². The molecule has 0 aromatic heterocycles. The van der Waals surface area contributed by atoms with Gasteiger partial charge in [-0.2, -0.15) is 0 Å². The van der Waals surface area contributed by atoms with E-state index in [-0.39, 0.29) is 34.0 Å². The number of rotatable bonds is 11. The van der Waals surface area contributed by atoms with Crippen LogP contribution >= 0.6 is 0 Å². The monoisotopic (exact) mass is 636 g/mol. The molecule has 8 nitrogen and oxygen atoms in total. The van der Waals surface area contributed by atoms with Gasteiger partial charge in [-0.15, -0.1) is 0 Å². The highest BCUT2D eigenvalue weighted by atomic mass is 19.1. The molecule has 0 amide bonds. The number of carbonyl (C=O) groups excluding carboxylic acids is 4. The first-order chi connectivity index (χ1) is 22.4. The summed E-state index contributed by atoms with van der Waals surface area (Å²) < 4.78 is 36.6. The second kappa shape index (κ2) is 15.0. The second-order valence-electron chi connectivity index (χ2n) is 10.8. The molecule has 3 aromatic rings. The molecule has 0 fully saturated rings. The van der Waals surface area contributed by atoms with E-state index in [2.05, 4.69) is 19.7 Å². The van der Waals surface area contributed by atoms with Gasteiger partial charge in [-0.3, -0.25) is 0 Å². The molecule has 0 aliphatic heterocycles. The maximum absolute atomic E-state index is 15.1.